The van der Waals surface area contributed by atoms with E-state index < -0.39 is 6.04 Å². The van der Waals surface area contributed by atoms with Gasteiger partial charge in [0.15, 0.2) is 23.5 Å². The number of hydrogen-bond acceptors (Lipinski definition) is 9. The fourth-order valence-electron chi connectivity index (χ4n) is 4.57. The maximum Gasteiger partial charge on any atom is 0.187 e. The third-order valence-corrected chi connectivity index (χ3v) is 7.46. The number of hydrogen-bond donors (Lipinski definition) is 1. The second-order valence-corrected chi connectivity index (χ2v) is 10.4. The van der Waals surface area contributed by atoms with Gasteiger partial charge in [0, 0.05) is 47.7 Å². The largest absolute Gasteiger partial charge is 0.491 e. The molecule has 5 heterocycles. The van der Waals surface area contributed by atoms with Crippen LogP contribution in [0, 0.1) is 0 Å². The molecule has 4 aromatic rings. The van der Waals surface area contributed by atoms with Crippen LogP contribution in [0.3, 0.4) is 0 Å². The monoisotopic (exact) mass is 513 g/mol. The molecule has 1 aromatic carbocycles. The second kappa shape index (κ2) is 9.91. The van der Waals surface area contributed by atoms with E-state index in [1.807, 2.05) is 50.2 Å². The summed E-state index contributed by atoms with van der Waals surface area (Å²) in [6.07, 6.45) is 5.28. The van der Waals surface area contributed by atoms with Crippen LogP contribution >= 0.6 is 11.3 Å². The first-order chi connectivity index (χ1) is 18.0. The van der Waals surface area contributed by atoms with E-state index in [2.05, 4.69) is 21.3 Å². The Balaban J connectivity index is 1.37. The van der Waals surface area contributed by atoms with Gasteiger partial charge in [-0.15, -0.1) is 11.3 Å². The molecule has 3 aromatic heterocycles. The number of benzene rings is 1. The van der Waals surface area contributed by atoms with Crippen LogP contribution < -0.4 is 15.0 Å². The summed E-state index contributed by atoms with van der Waals surface area (Å²) in [4.78, 5) is 30.5. The van der Waals surface area contributed by atoms with Crippen LogP contribution in [0.4, 0.5) is 5.82 Å². The van der Waals surface area contributed by atoms with Crippen molar-refractivity contribution in [1.82, 2.24) is 20.3 Å². The molecule has 0 aliphatic carbocycles. The van der Waals surface area contributed by atoms with Crippen molar-refractivity contribution in [3.63, 3.8) is 0 Å². The number of rotatable bonds is 6. The number of ketones is 1. The fourth-order valence-corrected chi connectivity index (χ4v) is 5.69. The Bertz CT molecular complexity index is 1480. The molecule has 0 spiro atoms. The minimum atomic E-state index is -0.655. The van der Waals surface area contributed by atoms with E-state index in [1.54, 1.807) is 29.8 Å². The average Bonchev–Trinajstić information content (AvgIpc) is 3.53. The Labute approximate surface area is 219 Å². The highest BCUT2D eigenvalue weighted by Gasteiger charge is 2.31. The molecule has 2 aliphatic heterocycles. The van der Waals surface area contributed by atoms with Crippen molar-refractivity contribution in [1.29, 1.82) is 0 Å². The Morgan fingerprint density at radius 2 is 1.89 bits per heavy atom. The zero-order chi connectivity index (χ0) is 25.4. The SMILES string of the molecule is CC(C)Oc1cccc(C2=CC(=O)C(c3nc(N4CCOCC4)c4sc(-c5ccncc5)cc4n3)N2)c1. The number of thiophene rings is 1. The summed E-state index contributed by atoms with van der Waals surface area (Å²) in [5, 5.41) is 3.37. The summed E-state index contributed by atoms with van der Waals surface area (Å²) in [5.74, 6) is 2.02. The van der Waals surface area contributed by atoms with Crippen LogP contribution in [-0.4, -0.2) is 53.1 Å². The zero-order valence-electron chi connectivity index (χ0n) is 20.7. The van der Waals surface area contributed by atoms with Crippen molar-refractivity contribution in [2.45, 2.75) is 26.0 Å². The number of pyridine rings is 1. The van der Waals surface area contributed by atoms with E-state index in [-0.39, 0.29) is 11.9 Å². The van der Waals surface area contributed by atoms with Gasteiger partial charge >= 0.3 is 0 Å². The Morgan fingerprint density at radius 3 is 2.68 bits per heavy atom. The predicted octanol–water partition coefficient (Wildman–Crippen LogP) is 4.63. The second-order valence-electron chi connectivity index (χ2n) is 9.30. The normalized spacial score (nSPS) is 17.8. The van der Waals surface area contributed by atoms with E-state index in [9.17, 15) is 4.79 Å². The highest BCUT2D eigenvalue weighted by molar-refractivity contribution is 7.22. The number of aromatic nitrogens is 3. The topological polar surface area (TPSA) is 89.5 Å². The third kappa shape index (κ3) is 4.80. The number of anilines is 1. The first-order valence-electron chi connectivity index (χ1n) is 12.4. The first-order valence-corrected chi connectivity index (χ1v) is 13.2. The number of carbonyl (C=O) groups excluding carboxylic acids is 1. The van der Waals surface area contributed by atoms with Crippen LogP contribution in [0.2, 0.25) is 0 Å². The van der Waals surface area contributed by atoms with Gasteiger partial charge in [-0.1, -0.05) is 12.1 Å². The maximum absolute atomic E-state index is 13.2. The molecule has 1 fully saturated rings. The van der Waals surface area contributed by atoms with Gasteiger partial charge < -0.3 is 19.7 Å². The van der Waals surface area contributed by atoms with Gasteiger partial charge in [-0.2, -0.15) is 0 Å². The molecule has 6 rings (SSSR count). The van der Waals surface area contributed by atoms with Crippen LogP contribution in [0.25, 0.3) is 26.4 Å². The fraction of sp³-hybridized carbons (Fsp3) is 0.286. The molecule has 1 atom stereocenters. The molecule has 2 aliphatic rings. The number of carbonyl (C=O) groups is 1. The molecule has 0 amide bonds. The van der Waals surface area contributed by atoms with E-state index in [4.69, 9.17) is 19.4 Å². The lowest BCUT2D eigenvalue weighted by molar-refractivity contribution is -0.115. The molecule has 0 saturated carbocycles. The molecule has 8 nitrogen and oxygen atoms in total. The molecular weight excluding hydrogens is 486 g/mol. The number of nitrogens with zero attached hydrogens (tertiary/aromatic N) is 4. The van der Waals surface area contributed by atoms with Crippen molar-refractivity contribution in [2.75, 3.05) is 31.2 Å². The lowest BCUT2D eigenvalue weighted by Gasteiger charge is -2.28. The average molecular weight is 514 g/mol. The van der Waals surface area contributed by atoms with Gasteiger partial charge in [0.2, 0.25) is 0 Å². The summed E-state index contributed by atoms with van der Waals surface area (Å²) in [6.45, 7) is 6.75. The van der Waals surface area contributed by atoms with Crippen LogP contribution in [0.15, 0.2) is 60.9 Å². The quantitative estimate of drug-likeness (QED) is 0.399. The molecule has 1 N–H and O–H groups in total. The minimum absolute atomic E-state index is 0.0662. The van der Waals surface area contributed by atoms with Gasteiger partial charge in [0.05, 0.1) is 29.5 Å². The summed E-state index contributed by atoms with van der Waals surface area (Å²) in [6, 6.07) is 13.1. The highest BCUT2D eigenvalue weighted by Crippen LogP contribution is 2.39. The van der Waals surface area contributed by atoms with Crippen LogP contribution in [0.5, 0.6) is 5.75 Å². The van der Waals surface area contributed by atoms with E-state index in [0.717, 1.165) is 56.6 Å². The number of ether oxygens (including phenoxy) is 2. The van der Waals surface area contributed by atoms with Crippen molar-refractivity contribution >= 4 is 38.9 Å². The Kier molecular flexibility index (Phi) is 6.31. The lowest BCUT2D eigenvalue weighted by Crippen LogP contribution is -2.37. The molecule has 9 heteroatoms. The van der Waals surface area contributed by atoms with Crippen LogP contribution in [-0.2, 0) is 9.53 Å². The van der Waals surface area contributed by atoms with Crippen LogP contribution in [0.1, 0.15) is 31.3 Å². The maximum atomic E-state index is 13.2. The standard InChI is InChI=1S/C28H27N5O3S/c1-17(2)36-20-5-3-4-19(14-20)21-15-23(34)25(30-21)27-31-22-16-24(18-6-8-29-9-7-18)37-26(22)28(32-27)33-10-12-35-13-11-33/h3-9,14-17,25,30H,10-13H2,1-2H3. The van der Waals surface area contributed by atoms with Gasteiger partial charge in [0.25, 0.3) is 0 Å². The number of fused-ring (bicyclic) bond motifs is 1. The molecular formula is C28H27N5O3S. The highest BCUT2D eigenvalue weighted by atomic mass is 32.1. The van der Waals surface area contributed by atoms with Crippen molar-refractivity contribution < 1.29 is 14.3 Å². The molecule has 188 valence electrons. The Hall–Kier alpha value is -3.82. The number of morpholine rings is 1. The molecule has 1 saturated heterocycles. The summed E-state index contributed by atoms with van der Waals surface area (Å²) in [5.41, 5.74) is 3.54. The molecule has 0 radical (unpaired) electrons. The summed E-state index contributed by atoms with van der Waals surface area (Å²) < 4.78 is 12.4. The molecule has 0 bridgehead atoms. The van der Waals surface area contributed by atoms with Crippen molar-refractivity contribution in [2.24, 2.45) is 0 Å². The van der Waals surface area contributed by atoms with Crippen molar-refractivity contribution in [3.05, 3.63) is 72.3 Å². The first kappa shape index (κ1) is 23.6. The molecule has 37 heavy (non-hydrogen) atoms. The van der Waals surface area contributed by atoms with E-state index in [1.165, 1.54) is 0 Å². The van der Waals surface area contributed by atoms with Gasteiger partial charge in [-0.25, -0.2) is 9.97 Å². The number of nitrogens with one attached hydrogen (secondary N) is 1. The third-order valence-electron chi connectivity index (χ3n) is 6.29. The zero-order valence-corrected chi connectivity index (χ0v) is 21.5. The summed E-state index contributed by atoms with van der Waals surface area (Å²) >= 11 is 1.66. The lowest BCUT2D eigenvalue weighted by atomic mass is 10.1. The predicted molar refractivity (Wildman–Crippen MR) is 145 cm³/mol. The Morgan fingerprint density at radius 1 is 1.08 bits per heavy atom. The van der Waals surface area contributed by atoms with E-state index in [0.29, 0.717) is 19.0 Å². The summed E-state index contributed by atoms with van der Waals surface area (Å²) in [7, 11) is 0. The van der Waals surface area contributed by atoms with E-state index >= 15 is 0 Å². The minimum Gasteiger partial charge on any atom is -0.491 e. The van der Waals surface area contributed by atoms with Crippen molar-refractivity contribution in [3.8, 4) is 16.2 Å². The molecule has 1 unspecified atom stereocenters. The smallest absolute Gasteiger partial charge is 0.187 e. The van der Waals surface area contributed by atoms with Gasteiger partial charge in [-0.3, -0.25) is 9.78 Å². The van der Waals surface area contributed by atoms with Gasteiger partial charge in [-0.05, 0) is 49.7 Å². The van der Waals surface area contributed by atoms with Gasteiger partial charge in [0.1, 0.15) is 5.75 Å².